The Morgan fingerprint density at radius 2 is 1.92 bits per heavy atom. The molecule has 1 N–H and O–H groups in total. The first-order valence-electron chi connectivity index (χ1n) is 9.28. The molecule has 5 rings (SSSR count). The number of aryl methyl sites for hydroxylation is 2. The smallest absolute Gasteiger partial charge is 0.323 e. The highest BCUT2D eigenvalue weighted by Crippen LogP contribution is 2.34. The number of amides is 3. The van der Waals surface area contributed by atoms with E-state index >= 15 is 0 Å². The Morgan fingerprint density at radius 3 is 2.81 bits per heavy atom. The lowest BCUT2D eigenvalue weighted by Gasteiger charge is -2.32. The Hall–Kier alpha value is -2.70. The van der Waals surface area contributed by atoms with Gasteiger partial charge in [-0.05, 0) is 36.8 Å². The van der Waals surface area contributed by atoms with E-state index in [0.29, 0.717) is 18.7 Å². The van der Waals surface area contributed by atoms with Crippen LogP contribution in [0.3, 0.4) is 0 Å². The summed E-state index contributed by atoms with van der Waals surface area (Å²) in [6, 6.07) is 7.84. The van der Waals surface area contributed by atoms with Gasteiger partial charge in [-0.2, -0.15) is 0 Å². The van der Waals surface area contributed by atoms with Crippen LogP contribution in [0.2, 0.25) is 0 Å². The molecular formula is C19H21N5O2. The minimum Gasteiger partial charge on any atom is -0.323 e. The molecule has 1 unspecified atom stereocenters. The fraction of sp³-hybridized carbons (Fsp3) is 0.474. The summed E-state index contributed by atoms with van der Waals surface area (Å²) in [6.45, 7) is 1.06. The number of rotatable bonds is 2. The van der Waals surface area contributed by atoms with Crippen LogP contribution < -0.4 is 5.32 Å². The minimum atomic E-state index is -0.809. The lowest BCUT2D eigenvalue weighted by molar-refractivity contribution is -0.132. The second-order valence-corrected chi connectivity index (χ2v) is 7.49. The Balaban J connectivity index is 1.41. The van der Waals surface area contributed by atoms with Crippen LogP contribution in [-0.2, 0) is 37.1 Å². The number of hydrogen-bond acceptors (Lipinski definition) is 4. The van der Waals surface area contributed by atoms with E-state index in [1.807, 2.05) is 18.2 Å². The first-order valence-corrected chi connectivity index (χ1v) is 9.28. The maximum atomic E-state index is 13.2. The monoisotopic (exact) mass is 351 g/mol. The maximum absolute atomic E-state index is 13.2. The van der Waals surface area contributed by atoms with Crippen LogP contribution in [0.15, 0.2) is 24.3 Å². The van der Waals surface area contributed by atoms with Gasteiger partial charge in [-0.15, -0.1) is 10.2 Å². The van der Waals surface area contributed by atoms with Gasteiger partial charge in [-0.1, -0.05) is 24.3 Å². The third-order valence-corrected chi connectivity index (χ3v) is 5.91. The molecule has 26 heavy (non-hydrogen) atoms. The summed E-state index contributed by atoms with van der Waals surface area (Å²) >= 11 is 0. The second kappa shape index (κ2) is 5.65. The van der Waals surface area contributed by atoms with Crippen LogP contribution in [0.25, 0.3) is 0 Å². The van der Waals surface area contributed by atoms with Gasteiger partial charge < -0.3 is 9.88 Å². The SMILES string of the molecule is O=C1NC2(CCc3ccccc3C2)C(=O)N1Cc1nnc2n1CCCC2. The van der Waals surface area contributed by atoms with Gasteiger partial charge >= 0.3 is 6.03 Å². The molecule has 134 valence electrons. The number of imide groups is 1. The molecule has 1 fully saturated rings. The number of carbonyl (C=O) groups is 2. The predicted octanol–water partition coefficient (Wildman–Crippen LogP) is 1.59. The van der Waals surface area contributed by atoms with Crippen LogP contribution in [-0.4, -0.2) is 37.1 Å². The van der Waals surface area contributed by atoms with E-state index in [-0.39, 0.29) is 18.5 Å². The van der Waals surface area contributed by atoms with Gasteiger partial charge in [0, 0.05) is 19.4 Å². The molecule has 3 heterocycles. The minimum absolute atomic E-state index is 0.134. The van der Waals surface area contributed by atoms with E-state index in [4.69, 9.17) is 0 Å². The number of nitrogens with zero attached hydrogens (tertiary/aromatic N) is 4. The number of urea groups is 1. The van der Waals surface area contributed by atoms with Crippen LogP contribution in [0, 0.1) is 0 Å². The van der Waals surface area contributed by atoms with Gasteiger partial charge in [0.05, 0.1) is 6.54 Å². The normalized spacial score (nSPS) is 24.5. The first kappa shape index (κ1) is 15.5. The maximum Gasteiger partial charge on any atom is 0.325 e. The number of aromatic nitrogens is 3. The largest absolute Gasteiger partial charge is 0.325 e. The molecule has 2 aromatic rings. The van der Waals surface area contributed by atoms with Crippen molar-refractivity contribution in [3.8, 4) is 0 Å². The van der Waals surface area contributed by atoms with Crippen LogP contribution in [0.4, 0.5) is 4.79 Å². The molecule has 1 aromatic carbocycles. The van der Waals surface area contributed by atoms with Crippen molar-refractivity contribution >= 4 is 11.9 Å². The number of benzene rings is 1. The highest BCUT2D eigenvalue weighted by atomic mass is 16.2. The summed E-state index contributed by atoms with van der Waals surface area (Å²) in [5.74, 6) is 1.53. The van der Waals surface area contributed by atoms with Crippen molar-refractivity contribution in [1.29, 1.82) is 0 Å². The van der Waals surface area contributed by atoms with Crippen LogP contribution >= 0.6 is 0 Å². The molecule has 0 radical (unpaired) electrons. The highest BCUT2D eigenvalue weighted by Gasteiger charge is 2.52. The zero-order valence-electron chi connectivity index (χ0n) is 14.6. The molecule has 0 bridgehead atoms. The average Bonchev–Trinajstić information content (AvgIpc) is 3.17. The molecular weight excluding hydrogens is 330 g/mol. The Kier molecular flexibility index (Phi) is 3.38. The number of fused-ring (bicyclic) bond motifs is 2. The van der Waals surface area contributed by atoms with E-state index in [9.17, 15) is 9.59 Å². The molecule has 1 aromatic heterocycles. The zero-order valence-corrected chi connectivity index (χ0v) is 14.6. The lowest BCUT2D eigenvalue weighted by Crippen LogP contribution is -2.51. The standard InChI is InChI=1S/C19H21N5O2/c25-17-19(9-8-13-5-1-2-6-14(13)11-19)20-18(26)24(17)12-16-22-21-15-7-3-4-10-23(15)16/h1-2,5-6H,3-4,7-12H2,(H,20,26). The molecule has 0 saturated carbocycles. The third kappa shape index (κ3) is 2.26. The summed E-state index contributed by atoms with van der Waals surface area (Å²) < 4.78 is 2.06. The average molecular weight is 351 g/mol. The highest BCUT2D eigenvalue weighted by molar-refractivity contribution is 6.07. The van der Waals surface area contributed by atoms with E-state index in [1.54, 1.807) is 0 Å². The molecule has 2 aliphatic heterocycles. The summed E-state index contributed by atoms with van der Waals surface area (Å²) in [6.07, 6.45) is 5.11. The summed E-state index contributed by atoms with van der Waals surface area (Å²) in [5, 5.41) is 11.4. The van der Waals surface area contributed by atoms with Gasteiger partial charge in [0.25, 0.3) is 5.91 Å². The first-order chi connectivity index (χ1) is 12.7. The molecule has 3 aliphatic rings. The van der Waals surface area contributed by atoms with Gasteiger partial charge in [-0.25, -0.2) is 4.79 Å². The fourth-order valence-electron chi connectivity index (χ4n) is 4.47. The van der Waals surface area contributed by atoms with Crippen LogP contribution in [0.1, 0.15) is 42.0 Å². The third-order valence-electron chi connectivity index (χ3n) is 5.91. The molecule has 1 saturated heterocycles. The van der Waals surface area contributed by atoms with Crippen molar-refractivity contribution in [1.82, 2.24) is 25.0 Å². The van der Waals surface area contributed by atoms with Gasteiger partial charge in [0.1, 0.15) is 11.4 Å². The quantitative estimate of drug-likeness (QED) is 0.834. The van der Waals surface area contributed by atoms with Crippen molar-refractivity contribution < 1.29 is 9.59 Å². The lowest BCUT2D eigenvalue weighted by atomic mass is 9.78. The van der Waals surface area contributed by atoms with Gasteiger partial charge in [-0.3, -0.25) is 9.69 Å². The molecule has 1 atom stereocenters. The van der Waals surface area contributed by atoms with Gasteiger partial charge in [0.15, 0.2) is 5.82 Å². The van der Waals surface area contributed by atoms with Crippen molar-refractivity contribution in [2.24, 2.45) is 0 Å². The van der Waals surface area contributed by atoms with E-state index in [1.165, 1.54) is 10.5 Å². The van der Waals surface area contributed by atoms with Crippen molar-refractivity contribution in [3.63, 3.8) is 0 Å². The fourth-order valence-corrected chi connectivity index (χ4v) is 4.47. The topological polar surface area (TPSA) is 80.1 Å². The number of nitrogens with one attached hydrogen (secondary N) is 1. The number of carbonyl (C=O) groups excluding carboxylic acids is 2. The summed E-state index contributed by atoms with van der Waals surface area (Å²) in [7, 11) is 0. The summed E-state index contributed by atoms with van der Waals surface area (Å²) in [4.78, 5) is 27.1. The number of hydrogen-bond donors (Lipinski definition) is 1. The van der Waals surface area contributed by atoms with Crippen molar-refractivity contribution in [2.75, 3.05) is 0 Å². The van der Waals surface area contributed by atoms with Crippen LogP contribution in [0.5, 0.6) is 0 Å². The Bertz CT molecular complexity index is 905. The molecule has 7 nitrogen and oxygen atoms in total. The molecule has 7 heteroatoms. The van der Waals surface area contributed by atoms with E-state index in [0.717, 1.165) is 43.6 Å². The Labute approximate surface area is 151 Å². The van der Waals surface area contributed by atoms with E-state index in [2.05, 4.69) is 26.1 Å². The molecule has 1 spiro atoms. The molecule has 3 amide bonds. The second-order valence-electron chi connectivity index (χ2n) is 7.49. The molecule has 1 aliphatic carbocycles. The predicted molar refractivity (Wildman–Crippen MR) is 93.2 cm³/mol. The summed E-state index contributed by atoms with van der Waals surface area (Å²) in [5.41, 5.74) is 1.61. The zero-order chi connectivity index (χ0) is 17.7. The van der Waals surface area contributed by atoms with E-state index < -0.39 is 5.54 Å². The Morgan fingerprint density at radius 1 is 1.08 bits per heavy atom. The van der Waals surface area contributed by atoms with Gasteiger partial charge in [0.2, 0.25) is 0 Å². The van der Waals surface area contributed by atoms with Crippen molar-refractivity contribution in [3.05, 3.63) is 47.0 Å². The van der Waals surface area contributed by atoms with Crippen molar-refractivity contribution in [2.45, 2.75) is 57.2 Å².